The number of methoxy groups -OCH3 is 1. The average molecular weight is 432 g/mol. The Morgan fingerprint density at radius 3 is 2.30 bits per heavy atom. The van der Waals surface area contributed by atoms with Crippen LogP contribution in [-0.2, 0) is 30.7 Å². The van der Waals surface area contributed by atoms with E-state index in [1.165, 1.54) is 12.1 Å². The highest BCUT2D eigenvalue weighted by atomic mass is 32.2. The highest BCUT2D eigenvalue weighted by Crippen LogP contribution is 2.24. The van der Waals surface area contributed by atoms with Crippen molar-refractivity contribution in [3.63, 3.8) is 0 Å². The van der Waals surface area contributed by atoms with E-state index in [1.807, 2.05) is 37.3 Å². The van der Waals surface area contributed by atoms with Crippen molar-refractivity contribution in [1.82, 2.24) is 4.72 Å². The quantitative estimate of drug-likeness (QED) is 0.648. The molecule has 1 aliphatic rings. The molecule has 162 valence electrons. The van der Waals surface area contributed by atoms with Gasteiger partial charge in [-0.3, -0.25) is 4.79 Å². The van der Waals surface area contributed by atoms with E-state index in [-0.39, 0.29) is 23.5 Å². The number of aryl methyl sites for hydroxylation is 1. The molecule has 1 N–H and O–H groups in total. The van der Waals surface area contributed by atoms with Crippen LogP contribution in [0.2, 0.25) is 0 Å². The second-order valence-corrected chi connectivity index (χ2v) is 9.42. The Hall–Kier alpha value is -2.22. The Labute approximate surface area is 178 Å². The smallest absolute Gasteiger partial charge is 0.324 e. The Kier molecular flexibility index (Phi) is 7.64. The Morgan fingerprint density at radius 2 is 1.67 bits per heavy atom. The van der Waals surface area contributed by atoms with Crippen molar-refractivity contribution in [2.24, 2.45) is 0 Å². The van der Waals surface area contributed by atoms with Gasteiger partial charge in [-0.15, -0.1) is 0 Å². The SMILES string of the molecule is CO[C@H]1CCCC[C@@H]1OC(=O)[C@H](Cc1ccccc1)NS(=O)(=O)c1ccc(C)cc1. The van der Waals surface area contributed by atoms with Crippen LogP contribution >= 0.6 is 0 Å². The fourth-order valence-electron chi connectivity index (χ4n) is 3.69. The summed E-state index contributed by atoms with van der Waals surface area (Å²) in [7, 11) is -2.27. The molecule has 2 aromatic carbocycles. The number of hydrogen-bond donors (Lipinski definition) is 1. The average Bonchev–Trinajstić information content (AvgIpc) is 2.74. The highest BCUT2D eigenvalue weighted by molar-refractivity contribution is 7.89. The van der Waals surface area contributed by atoms with Crippen molar-refractivity contribution in [1.29, 1.82) is 0 Å². The highest BCUT2D eigenvalue weighted by Gasteiger charge is 2.33. The largest absolute Gasteiger partial charge is 0.458 e. The van der Waals surface area contributed by atoms with Crippen LogP contribution in [0.15, 0.2) is 59.5 Å². The molecule has 0 saturated heterocycles. The molecule has 30 heavy (non-hydrogen) atoms. The summed E-state index contributed by atoms with van der Waals surface area (Å²) in [5, 5.41) is 0. The zero-order valence-corrected chi connectivity index (χ0v) is 18.2. The number of ether oxygens (including phenoxy) is 2. The van der Waals surface area contributed by atoms with Gasteiger partial charge in [0.25, 0.3) is 0 Å². The van der Waals surface area contributed by atoms with E-state index < -0.39 is 22.0 Å². The van der Waals surface area contributed by atoms with E-state index >= 15 is 0 Å². The molecule has 6 nitrogen and oxygen atoms in total. The Bertz CT molecular complexity index is 928. The molecule has 0 unspecified atom stereocenters. The number of rotatable bonds is 8. The van der Waals surface area contributed by atoms with Gasteiger partial charge in [-0.05, 0) is 50.3 Å². The van der Waals surface area contributed by atoms with Crippen molar-refractivity contribution in [3.05, 3.63) is 65.7 Å². The molecule has 0 spiro atoms. The Morgan fingerprint density at radius 1 is 1.03 bits per heavy atom. The molecule has 0 radical (unpaired) electrons. The summed E-state index contributed by atoms with van der Waals surface area (Å²) in [6.45, 7) is 1.88. The molecule has 1 fully saturated rings. The van der Waals surface area contributed by atoms with Gasteiger partial charge >= 0.3 is 5.97 Å². The lowest BCUT2D eigenvalue weighted by atomic mass is 9.94. The second-order valence-electron chi connectivity index (χ2n) is 7.71. The molecule has 3 atom stereocenters. The van der Waals surface area contributed by atoms with Crippen LogP contribution in [0.5, 0.6) is 0 Å². The summed E-state index contributed by atoms with van der Waals surface area (Å²) in [6, 6.07) is 14.8. The fraction of sp³-hybridized carbons (Fsp3) is 0.435. The molecule has 3 rings (SSSR count). The topological polar surface area (TPSA) is 81.7 Å². The summed E-state index contributed by atoms with van der Waals surface area (Å²) in [4.78, 5) is 13.2. The zero-order chi connectivity index (χ0) is 21.6. The van der Waals surface area contributed by atoms with Gasteiger partial charge < -0.3 is 9.47 Å². The maximum atomic E-state index is 13.0. The number of hydrogen-bond acceptors (Lipinski definition) is 5. The molecular formula is C23H29NO5S. The number of carbonyl (C=O) groups is 1. The first-order chi connectivity index (χ1) is 14.4. The predicted octanol–water partition coefficient (Wildman–Crippen LogP) is 3.39. The molecular weight excluding hydrogens is 402 g/mol. The summed E-state index contributed by atoms with van der Waals surface area (Å²) >= 11 is 0. The summed E-state index contributed by atoms with van der Waals surface area (Å²) in [5.74, 6) is -0.580. The lowest BCUT2D eigenvalue weighted by Crippen LogP contribution is -2.46. The van der Waals surface area contributed by atoms with Crippen molar-refractivity contribution < 1.29 is 22.7 Å². The van der Waals surface area contributed by atoms with Gasteiger partial charge in [-0.2, -0.15) is 4.72 Å². The maximum absolute atomic E-state index is 13.0. The minimum absolute atomic E-state index is 0.117. The first kappa shape index (κ1) is 22.5. The van der Waals surface area contributed by atoms with Gasteiger partial charge in [0, 0.05) is 7.11 Å². The minimum Gasteiger partial charge on any atom is -0.458 e. The number of benzene rings is 2. The van der Waals surface area contributed by atoms with E-state index in [0.29, 0.717) is 6.42 Å². The first-order valence-corrected chi connectivity index (χ1v) is 11.7. The van der Waals surface area contributed by atoms with Crippen molar-refractivity contribution in [2.45, 2.75) is 62.2 Å². The minimum atomic E-state index is -3.88. The fourth-order valence-corrected chi connectivity index (χ4v) is 4.88. The third kappa shape index (κ3) is 5.90. The van der Waals surface area contributed by atoms with Gasteiger partial charge in [0.15, 0.2) is 0 Å². The van der Waals surface area contributed by atoms with E-state index in [4.69, 9.17) is 9.47 Å². The summed E-state index contributed by atoms with van der Waals surface area (Å²) in [5.41, 5.74) is 1.80. The molecule has 7 heteroatoms. The van der Waals surface area contributed by atoms with Crippen molar-refractivity contribution in [3.8, 4) is 0 Å². The van der Waals surface area contributed by atoms with Crippen LogP contribution < -0.4 is 4.72 Å². The third-order valence-electron chi connectivity index (χ3n) is 5.41. The molecule has 0 bridgehead atoms. The normalized spacial score (nSPS) is 20.5. The van der Waals surface area contributed by atoms with Crippen LogP contribution in [0, 0.1) is 6.92 Å². The van der Waals surface area contributed by atoms with Crippen LogP contribution in [0.25, 0.3) is 0 Å². The van der Waals surface area contributed by atoms with Gasteiger partial charge in [0.1, 0.15) is 12.1 Å². The lowest BCUT2D eigenvalue weighted by Gasteiger charge is -2.31. The molecule has 0 aliphatic heterocycles. The Balaban J connectivity index is 1.80. The van der Waals surface area contributed by atoms with E-state index in [1.54, 1.807) is 19.2 Å². The monoisotopic (exact) mass is 431 g/mol. The van der Waals surface area contributed by atoms with Crippen LogP contribution in [-0.4, -0.2) is 39.7 Å². The van der Waals surface area contributed by atoms with E-state index in [2.05, 4.69) is 4.72 Å². The molecule has 1 saturated carbocycles. The lowest BCUT2D eigenvalue weighted by molar-refractivity contribution is -0.161. The summed E-state index contributed by atoms with van der Waals surface area (Å²) in [6.07, 6.45) is 3.21. The standard InChI is InChI=1S/C23H29NO5S/c1-17-12-14-19(15-13-17)30(26,27)24-20(16-18-8-4-3-5-9-18)23(25)29-22-11-7-6-10-21(22)28-2/h3-5,8-9,12-15,20-22,24H,6-7,10-11,16H2,1-2H3/t20-,21-,22-/m0/s1. The predicted molar refractivity (Wildman–Crippen MR) is 115 cm³/mol. The molecule has 2 aromatic rings. The van der Waals surface area contributed by atoms with Gasteiger partial charge in [-0.1, -0.05) is 54.4 Å². The number of esters is 1. The van der Waals surface area contributed by atoms with Crippen LogP contribution in [0.3, 0.4) is 0 Å². The van der Waals surface area contributed by atoms with Crippen molar-refractivity contribution >= 4 is 16.0 Å². The van der Waals surface area contributed by atoms with Gasteiger partial charge in [0.2, 0.25) is 10.0 Å². The van der Waals surface area contributed by atoms with Gasteiger partial charge in [0.05, 0.1) is 11.0 Å². The third-order valence-corrected chi connectivity index (χ3v) is 6.90. The van der Waals surface area contributed by atoms with Crippen LogP contribution in [0.4, 0.5) is 0 Å². The summed E-state index contributed by atoms with van der Waals surface area (Å²) < 4.78 is 39.6. The molecule has 0 amide bonds. The van der Waals surface area contributed by atoms with E-state index in [0.717, 1.165) is 30.4 Å². The number of carbonyl (C=O) groups excluding carboxylic acids is 1. The second kappa shape index (κ2) is 10.2. The molecule has 1 aliphatic carbocycles. The maximum Gasteiger partial charge on any atom is 0.324 e. The molecule has 0 aromatic heterocycles. The number of nitrogens with one attached hydrogen (secondary N) is 1. The number of sulfonamides is 1. The van der Waals surface area contributed by atoms with Crippen LogP contribution in [0.1, 0.15) is 36.8 Å². The zero-order valence-electron chi connectivity index (χ0n) is 17.4. The van der Waals surface area contributed by atoms with Crippen molar-refractivity contribution in [2.75, 3.05) is 7.11 Å². The first-order valence-electron chi connectivity index (χ1n) is 10.3. The molecule has 0 heterocycles. The van der Waals surface area contributed by atoms with Gasteiger partial charge in [-0.25, -0.2) is 8.42 Å². The van der Waals surface area contributed by atoms with E-state index in [9.17, 15) is 13.2 Å².